The molecule has 0 saturated carbocycles. The maximum atomic E-state index is 4.85. The quantitative estimate of drug-likeness (QED) is 0.793. The lowest BCUT2D eigenvalue weighted by atomic mass is 10.0. The Kier molecular flexibility index (Phi) is 5.54. The fourth-order valence-corrected chi connectivity index (χ4v) is 3.26. The number of hydrogen-bond acceptors (Lipinski definition) is 3. The van der Waals surface area contributed by atoms with Crippen LogP contribution in [0.5, 0.6) is 0 Å². The molecule has 2 rings (SSSR count). The second kappa shape index (κ2) is 7.19. The Morgan fingerprint density at radius 1 is 1.14 bits per heavy atom. The van der Waals surface area contributed by atoms with Gasteiger partial charge in [0, 0.05) is 23.4 Å². The highest BCUT2D eigenvalue weighted by molar-refractivity contribution is 7.12. The van der Waals surface area contributed by atoms with Crippen LogP contribution in [-0.4, -0.2) is 18.1 Å². The molecule has 0 fully saturated rings. The van der Waals surface area contributed by atoms with Crippen LogP contribution in [0, 0.1) is 26.7 Å². The second-order valence-electron chi connectivity index (χ2n) is 6.16. The fourth-order valence-electron chi connectivity index (χ4n) is 2.30. The van der Waals surface area contributed by atoms with Gasteiger partial charge in [0.25, 0.3) is 0 Å². The number of rotatable bonds is 6. The van der Waals surface area contributed by atoms with E-state index >= 15 is 0 Å². The molecule has 0 spiro atoms. The molecular formula is C18H26N2S. The predicted octanol–water partition coefficient (Wildman–Crippen LogP) is 4.52. The Balaban J connectivity index is 2.06. The molecule has 3 heteroatoms. The van der Waals surface area contributed by atoms with Crippen LogP contribution < -0.4 is 5.32 Å². The number of benzene rings is 1. The zero-order valence-electron chi connectivity index (χ0n) is 13.8. The van der Waals surface area contributed by atoms with E-state index in [0.717, 1.165) is 25.2 Å². The van der Waals surface area contributed by atoms with Crippen LogP contribution in [0.2, 0.25) is 0 Å². The van der Waals surface area contributed by atoms with Gasteiger partial charge in [0.05, 0.1) is 10.7 Å². The van der Waals surface area contributed by atoms with Gasteiger partial charge in [-0.05, 0) is 50.4 Å². The van der Waals surface area contributed by atoms with Gasteiger partial charge in [-0.1, -0.05) is 26.0 Å². The smallest absolute Gasteiger partial charge is 0.0948 e. The lowest BCUT2D eigenvalue weighted by Gasteiger charge is -2.05. The summed E-state index contributed by atoms with van der Waals surface area (Å²) < 4.78 is 0. The number of thiazole rings is 1. The minimum atomic E-state index is 0.703. The van der Waals surface area contributed by atoms with Gasteiger partial charge in [0.2, 0.25) is 0 Å². The zero-order chi connectivity index (χ0) is 15.4. The number of aromatic nitrogens is 1. The third-order valence-corrected chi connectivity index (χ3v) is 4.72. The van der Waals surface area contributed by atoms with Crippen LogP contribution >= 0.6 is 11.3 Å². The molecule has 21 heavy (non-hydrogen) atoms. The lowest BCUT2D eigenvalue weighted by molar-refractivity contribution is 0.554. The monoisotopic (exact) mass is 302 g/mol. The molecule has 114 valence electrons. The van der Waals surface area contributed by atoms with Gasteiger partial charge in [0.1, 0.15) is 0 Å². The highest BCUT2D eigenvalue weighted by atomic mass is 32.1. The molecule has 2 aromatic rings. The molecule has 1 aromatic carbocycles. The van der Waals surface area contributed by atoms with E-state index in [4.69, 9.17) is 4.98 Å². The largest absolute Gasteiger partial charge is 0.316 e. The first-order valence-corrected chi connectivity index (χ1v) is 8.53. The summed E-state index contributed by atoms with van der Waals surface area (Å²) in [5.74, 6) is 0.703. The summed E-state index contributed by atoms with van der Waals surface area (Å²) in [5, 5.41) is 4.72. The van der Waals surface area contributed by atoms with E-state index in [1.54, 1.807) is 0 Å². The highest BCUT2D eigenvalue weighted by Crippen LogP contribution is 2.28. The highest BCUT2D eigenvalue weighted by Gasteiger charge is 2.10. The maximum Gasteiger partial charge on any atom is 0.0948 e. The predicted molar refractivity (Wildman–Crippen MR) is 93.2 cm³/mol. The van der Waals surface area contributed by atoms with Crippen LogP contribution in [0.15, 0.2) is 18.2 Å². The summed E-state index contributed by atoms with van der Waals surface area (Å²) >= 11 is 1.83. The van der Waals surface area contributed by atoms with Gasteiger partial charge < -0.3 is 5.32 Å². The Morgan fingerprint density at radius 2 is 1.90 bits per heavy atom. The maximum absolute atomic E-state index is 4.85. The van der Waals surface area contributed by atoms with E-state index in [1.807, 2.05) is 11.3 Å². The van der Waals surface area contributed by atoms with Crippen molar-refractivity contribution in [2.75, 3.05) is 13.1 Å². The molecule has 0 saturated heterocycles. The molecule has 0 radical (unpaired) electrons. The van der Waals surface area contributed by atoms with E-state index in [1.165, 1.54) is 26.6 Å². The van der Waals surface area contributed by atoms with Crippen molar-refractivity contribution in [3.63, 3.8) is 0 Å². The van der Waals surface area contributed by atoms with E-state index in [-0.39, 0.29) is 0 Å². The molecule has 0 aliphatic carbocycles. The molecule has 0 bridgehead atoms. The van der Waals surface area contributed by atoms with E-state index in [0.29, 0.717) is 5.92 Å². The molecule has 1 heterocycles. The van der Waals surface area contributed by atoms with Crippen molar-refractivity contribution in [1.82, 2.24) is 10.3 Å². The summed E-state index contributed by atoms with van der Waals surface area (Å²) in [6.07, 6.45) is 1.02. The minimum absolute atomic E-state index is 0.703. The van der Waals surface area contributed by atoms with Crippen molar-refractivity contribution in [2.24, 2.45) is 5.92 Å². The Labute approximate surface area is 132 Å². The summed E-state index contributed by atoms with van der Waals surface area (Å²) in [6.45, 7) is 13.0. The first-order chi connectivity index (χ1) is 9.97. The average Bonchev–Trinajstić information content (AvgIpc) is 2.79. The number of nitrogens with zero attached hydrogens (tertiary/aromatic N) is 1. The summed E-state index contributed by atoms with van der Waals surface area (Å²) in [7, 11) is 0. The van der Waals surface area contributed by atoms with Crippen LogP contribution in [-0.2, 0) is 6.42 Å². The average molecular weight is 302 g/mol. The third-order valence-electron chi connectivity index (χ3n) is 3.69. The van der Waals surface area contributed by atoms with Crippen molar-refractivity contribution < 1.29 is 0 Å². The van der Waals surface area contributed by atoms with Gasteiger partial charge in [-0.15, -0.1) is 11.3 Å². The number of nitrogens with one attached hydrogen (secondary N) is 1. The first kappa shape index (κ1) is 16.2. The van der Waals surface area contributed by atoms with Crippen molar-refractivity contribution in [1.29, 1.82) is 0 Å². The normalized spacial score (nSPS) is 11.3. The molecule has 0 unspecified atom stereocenters. The van der Waals surface area contributed by atoms with E-state index in [2.05, 4.69) is 58.1 Å². The summed E-state index contributed by atoms with van der Waals surface area (Å²) in [6, 6.07) is 6.62. The summed E-state index contributed by atoms with van der Waals surface area (Å²) in [4.78, 5) is 6.16. The first-order valence-electron chi connectivity index (χ1n) is 7.72. The molecular weight excluding hydrogens is 276 g/mol. The van der Waals surface area contributed by atoms with Gasteiger partial charge in [-0.3, -0.25) is 0 Å². The van der Waals surface area contributed by atoms with Gasteiger partial charge in [-0.25, -0.2) is 4.98 Å². The van der Waals surface area contributed by atoms with Crippen LogP contribution in [0.4, 0.5) is 0 Å². The third kappa shape index (κ3) is 4.39. The van der Waals surface area contributed by atoms with Crippen molar-refractivity contribution in [3.8, 4) is 11.3 Å². The fraction of sp³-hybridized carbons (Fsp3) is 0.500. The van der Waals surface area contributed by atoms with Gasteiger partial charge >= 0.3 is 0 Å². The Morgan fingerprint density at radius 3 is 2.57 bits per heavy atom. The zero-order valence-corrected chi connectivity index (χ0v) is 14.6. The molecule has 0 atom stereocenters. The standard InChI is InChI=1S/C18H26N2S/c1-12(2)11-19-9-8-17-20-18(15(5)21-17)16-7-6-13(3)14(4)10-16/h6-7,10,12,19H,8-9,11H2,1-5H3. The molecule has 0 aliphatic rings. The van der Waals surface area contributed by atoms with E-state index < -0.39 is 0 Å². The summed E-state index contributed by atoms with van der Waals surface area (Å²) in [5.41, 5.74) is 5.07. The second-order valence-corrected chi connectivity index (χ2v) is 7.45. The Bertz CT molecular complexity index is 599. The van der Waals surface area contributed by atoms with Gasteiger partial charge in [-0.2, -0.15) is 0 Å². The molecule has 0 amide bonds. The van der Waals surface area contributed by atoms with Gasteiger partial charge in [0.15, 0.2) is 0 Å². The van der Waals surface area contributed by atoms with Crippen LogP contribution in [0.25, 0.3) is 11.3 Å². The molecule has 1 aromatic heterocycles. The molecule has 0 aliphatic heterocycles. The topological polar surface area (TPSA) is 24.9 Å². The number of hydrogen-bond donors (Lipinski definition) is 1. The molecule has 2 nitrogen and oxygen atoms in total. The lowest BCUT2D eigenvalue weighted by Crippen LogP contribution is -2.22. The van der Waals surface area contributed by atoms with Crippen LogP contribution in [0.3, 0.4) is 0 Å². The van der Waals surface area contributed by atoms with Crippen molar-refractivity contribution in [3.05, 3.63) is 39.2 Å². The Hall–Kier alpha value is -1.19. The van der Waals surface area contributed by atoms with Crippen molar-refractivity contribution in [2.45, 2.75) is 41.0 Å². The van der Waals surface area contributed by atoms with Crippen molar-refractivity contribution >= 4 is 11.3 Å². The van der Waals surface area contributed by atoms with Crippen LogP contribution in [0.1, 0.15) is 34.9 Å². The number of aryl methyl sites for hydroxylation is 3. The minimum Gasteiger partial charge on any atom is -0.316 e. The SMILES string of the molecule is Cc1ccc(-c2nc(CCNCC(C)C)sc2C)cc1C. The molecule has 1 N–H and O–H groups in total. The van der Waals surface area contributed by atoms with E-state index in [9.17, 15) is 0 Å².